The summed E-state index contributed by atoms with van der Waals surface area (Å²) in [6.07, 6.45) is 1.54. The molecule has 0 unspecified atom stereocenters. The predicted octanol–water partition coefficient (Wildman–Crippen LogP) is 19.0. The standard InChI is InChI=1S/C76H70N8/c1-47-37-58(80-71(79-47)50-23-25-53(46-78)68(38-50)84-69-42-55(74(5,6)7)27-31-59(69)60-32-28-56(43-70(60)84)75(8,9)10)35-36-76(11,12)57-30-34-66-62(41-57)61-40-54(73(2,3)4)29-33-65(61)83(66)67-39-51(24-26-52(67)45-77)72-81-63(48-19-15-13-16-20-48)44-64(82-72)49-21-17-14-18-22-49/h13-34,37-44H,35-36H2,1-12H3. The van der Waals surface area contributed by atoms with Gasteiger partial charge in [0.2, 0.25) is 0 Å². The van der Waals surface area contributed by atoms with Crippen molar-refractivity contribution in [2.45, 2.75) is 118 Å². The van der Waals surface area contributed by atoms with Crippen LogP contribution in [-0.2, 0) is 28.1 Å². The van der Waals surface area contributed by atoms with E-state index in [9.17, 15) is 10.5 Å². The molecule has 8 aromatic carbocycles. The zero-order valence-corrected chi connectivity index (χ0v) is 50.3. The minimum Gasteiger partial charge on any atom is -0.308 e. The summed E-state index contributed by atoms with van der Waals surface area (Å²) in [6, 6.07) is 68.9. The first-order chi connectivity index (χ1) is 40.1. The summed E-state index contributed by atoms with van der Waals surface area (Å²) in [6.45, 7) is 26.9. The third-order valence-corrected chi connectivity index (χ3v) is 16.9. The van der Waals surface area contributed by atoms with Gasteiger partial charge in [-0.3, -0.25) is 0 Å². The van der Waals surface area contributed by atoms with Gasteiger partial charge in [0, 0.05) is 55.2 Å². The van der Waals surface area contributed by atoms with Gasteiger partial charge in [0.05, 0.1) is 56.0 Å². The Kier molecular flexibility index (Phi) is 13.6. The van der Waals surface area contributed by atoms with Gasteiger partial charge < -0.3 is 9.13 Å². The Hall–Kier alpha value is -9.50. The molecule has 8 heteroatoms. The van der Waals surface area contributed by atoms with Crippen LogP contribution >= 0.6 is 0 Å². The molecule has 0 atom stereocenters. The second-order valence-electron chi connectivity index (χ2n) is 26.4. The number of hydrogen-bond acceptors (Lipinski definition) is 6. The highest BCUT2D eigenvalue weighted by Gasteiger charge is 2.27. The smallest absolute Gasteiger partial charge is 0.160 e. The molecule has 12 rings (SSSR count). The molecule has 8 nitrogen and oxygen atoms in total. The number of benzene rings is 8. The van der Waals surface area contributed by atoms with E-state index >= 15 is 0 Å². The van der Waals surface area contributed by atoms with Crippen molar-refractivity contribution in [3.8, 4) is 68.8 Å². The first-order valence-electron chi connectivity index (χ1n) is 29.2. The summed E-state index contributed by atoms with van der Waals surface area (Å²) >= 11 is 0. The molecular weight excluding hydrogens is 1020 g/mol. The van der Waals surface area contributed by atoms with Gasteiger partial charge in [0.25, 0.3) is 0 Å². The van der Waals surface area contributed by atoms with Crippen LogP contribution < -0.4 is 0 Å². The molecular formula is C76H70N8. The van der Waals surface area contributed by atoms with Crippen LogP contribution in [0.25, 0.3) is 100 Å². The third-order valence-electron chi connectivity index (χ3n) is 16.9. The molecule has 414 valence electrons. The van der Waals surface area contributed by atoms with Crippen molar-refractivity contribution in [3.05, 3.63) is 227 Å². The summed E-state index contributed by atoms with van der Waals surface area (Å²) < 4.78 is 4.54. The van der Waals surface area contributed by atoms with Crippen LogP contribution in [0.1, 0.15) is 127 Å². The molecule has 0 saturated carbocycles. The first-order valence-corrected chi connectivity index (χ1v) is 29.2. The molecule has 0 amide bonds. The van der Waals surface area contributed by atoms with E-state index in [0.29, 0.717) is 22.8 Å². The molecule has 4 aromatic heterocycles. The Balaban J connectivity index is 0.919. The van der Waals surface area contributed by atoms with Gasteiger partial charge in [-0.1, -0.05) is 173 Å². The highest BCUT2D eigenvalue weighted by molar-refractivity contribution is 6.11. The Morgan fingerprint density at radius 3 is 1.29 bits per heavy atom. The lowest BCUT2D eigenvalue weighted by atomic mass is 9.79. The van der Waals surface area contributed by atoms with Crippen LogP contribution in [-0.4, -0.2) is 29.1 Å². The minimum absolute atomic E-state index is 0.0740. The van der Waals surface area contributed by atoms with E-state index in [-0.39, 0.29) is 21.7 Å². The maximum absolute atomic E-state index is 10.8. The number of nitriles is 2. The monoisotopic (exact) mass is 1090 g/mol. The van der Waals surface area contributed by atoms with Crippen molar-refractivity contribution in [2.75, 3.05) is 0 Å². The molecule has 0 fully saturated rings. The Bertz CT molecular complexity index is 4530. The zero-order chi connectivity index (χ0) is 59.0. The van der Waals surface area contributed by atoms with Crippen molar-refractivity contribution in [3.63, 3.8) is 0 Å². The molecule has 0 aliphatic carbocycles. The van der Waals surface area contributed by atoms with E-state index in [1.54, 1.807) is 0 Å². The van der Waals surface area contributed by atoms with Crippen LogP contribution in [0.4, 0.5) is 0 Å². The maximum atomic E-state index is 10.8. The van der Waals surface area contributed by atoms with E-state index in [0.717, 1.165) is 113 Å². The Morgan fingerprint density at radius 2 is 0.810 bits per heavy atom. The molecule has 4 heterocycles. The average molecular weight is 1100 g/mol. The fourth-order valence-electron chi connectivity index (χ4n) is 11.8. The van der Waals surface area contributed by atoms with E-state index in [1.807, 2.05) is 73.7 Å². The maximum Gasteiger partial charge on any atom is 0.160 e. The fraction of sp³-hybridized carbons (Fsp3) is 0.237. The number of nitrogens with zero attached hydrogens (tertiary/aromatic N) is 8. The number of fused-ring (bicyclic) bond motifs is 6. The van der Waals surface area contributed by atoms with E-state index in [1.165, 1.54) is 22.3 Å². The van der Waals surface area contributed by atoms with Gasteiger partial charge in [0.1, 0.15) is 12.1 Å². The minimum atomic E-state index is -0.269. The van der Waals surface area contributed by atoms with Crippen LogP contribution in [0.3, 0.4) is 0 Å². The van der Waals surface area contributed by atoms with E-state index < -0.39 is 0 Å². The fourth-order valence-corrected chi connectivity index (χ4v) is 11.8. The number of aryl methyl sites for hydroxylation is 2. The molecule has 0 N–H and O–H groups in total. The van der Waals surface area contributed by atoms with E-state index in [2.05, 4.69) is 213 Å². The predicted molar refractivity (Wildman–Crippen MR) is 346 cm³/mol. The van der Waals surface area contributed by atoms with Crippen LogP contribution in [0.15, 0.2) is 182 Å². The van der Waals surface area contributed by atoms with Crippen molar-refractivity contribution < 1.29 is 0 Å². The van der Waals surface area contributed by atoms with E-state index in [4.69, 9.17) is 19.9 Å². The Labute approximate surface area is 493 Å². The molecule has 0 spiro atoms. The molecule has 0 bridgehead atoms. The van der Waals surface area contributed by atoms with Gasteiger partial charge in [-0.25, -0.2) is 19.9 Å². The van der Waals surface area contributed by atoms with Crippen LogP contribution in [0.5, 0.6) is 0 Å². The molecule has 0 aliphatic rings. The second-order valence-corrected chi connectivity index (χ2v) is 26.4. The first kappa shape index (κ1) is 55.1. The largest absolute Gasteiger partial charge is 0.308 e. The number of rotatable bonds is 10. The molecule has 0 saturated heterocycles. The molecule has 12 aromatic rings. The number of hydrogen-bond donors (Lipinski definition) is 0. The van der Waals surface area contributed by atoms with Crippen molar-refractivity contribution in [2.24, 2.45) is 0 Å². The normalized spacial score (nSPS) is 12.4. The SMILES string of the molecule is Cc1cc(CCC(C)(C)c2ccc3c(c2)c2cc(C(C)(C)C)ccc2n3-c2cc(-c3nc(-c4ccccc4)cc(-c4ccccc4)n3)ccc2C#N)nc(-c2ccc(C#N)c(-n3c4cc(C(C)(C)C)ccc4c4ccc(C(C)(C)C)cc43)c2)n1. The highest BCUT2D eigenvalue weighted by Crippen LogP contribution is 2.42. The second kappa shape index (κ2) is 20.7. The van der Waals surface area contributed by atoms with Gasteiger partial charge in [-0.2, -0.15) is 10.5 Å². The lowest BCUT2D eigenvalue weighted by molar-refractivity contribution is 0.477. The highest BCUT2D eigenvalue weighted by atomic mass is 15.0. The number of aromatic nitrogens is 6. The Morgan fingerprint density at radius 1 is 0.381 bits per heavy atom. The van der Waals surface area contributed by atoms with Gasteiger partial charge in [-0.15, -0.1) is 0 Å². The molecule has 84 heavy (non-hydrogen) atoms. The van der Waals surface area contributed by atoms with Gasteiger partial charge in [0.15, 0.2) is 11.6 Å². The summed E-state index contributed by atoms with van der Waals surface area (Å²) in [5.74, 6) is 1.22. The summed E-state index contributed by atoms with van der Waals surface area (Å²) in [4.78, 5) is 20.7. The lowest BCUT2D eigenvalue weighted by Crippen LogP contribution is -2.18. The third kappa shape index (κ3) is 10.2. The van der Waals surface area contributed by atoms with Crippen molar-refractivity contribution >= 4 is 43.6 Å². The van der Waals surface area contributed by atoms with Crippen molar-refractivity contribution in [1.29, 1.82) is 10.5 Å². The quantitative estimate of drug-likeness (QED) is 0.135. The average Bonchev–Trinajstić information content (AvgIpc) is 2.28. The van der Waals surface area contributed by atoms with Gasteiger partial charge in [-0.05, 0) is 149 Å². The van der Waals surface area contributed by atoms with Crippen molar-refractivity contribution in [1.82, 2.24) is 29.1 Å². The lowest BCUT2D eigenvalue weighted by Gasteiger charge is -2.26. The van der Waals surface area contributed by atoms with Gasteiger partial charge >= 0.3 is 0 Å². The van der Waals surface area contributed by atoms with Crippen LogP contribution in [0.2, 0.25) is 0 Å². The van der Waals surface area contributed by atoms with Crippen LogP contribution in [0, 0.1) is 29.6 Å². The molecule has 0 radical (unpaired) electrons. The summed E-state index contributed by atoms with van der Waals surface area (Å²) in [5.41, 5.74) is 18.4. The molecule has 0 aliphatic heterocycles. The summed E-state index contributed by atoms with van der Waals surface area (Å²) in [7, 11) is 0. The summed E-state index contributed by atoms with van der Waals surface area (Å²) in [5, 5.41) is 26.2. The topological polar surface area (TPSA) is 109 Å². The zero-order valence-electron chi connectivity index (χ0n) is 50.3.